The molecule has 28 heavy (non-hydrogen) atoms. The molecule has 1 heterocycles. The van der Waals surface area contributed by atoms with Crippen molar-refractivity contribution in [3.8, 4) is 11.5 Å². The van der Waals surface area contributed by atoms with Crippen LogP contribution in [-0.4, -0.2) is 23.7 Å². The number of hydrogen-bond acceptors (Lipinski definition) is 6. The lowest BCUT2D eigenvalue weighted by atomic mass is 10.2. The molecule has 2 aromatic rings. The van der Waals surface area contributed by atoms with Gasteiger partial charge < -0.3 is 14.8 Å². The number of thioether (sulfide) groups is 1. The second-order valence-electron chi connectivity index (χ2n) is 5.69. The number of benzene rings is 2. The number of carbonyl (C=O) groups is 2. The molecule has 8 heteroatoms. The van der Waals surface area contributed by atoms with Crippen molar-refractivity contribution in [1.29, 1.82) is 0 Å². The van der Waals surface area contributed by atoms with Crippen LogP contribution in [0.4, 0.5) is 5.69 Å². The minimum atomic E-state index is -0.430. The normalized spacial score (nSPS) is 16.3. The predicted molar refractivity (Wildman–Crippen MR) is 111 cm³/mol. The van der Waals surface area contributed by atoms with Crippen molar-refractivity contribution in [2.45, 2.75) is 13.8 Å². The summed E-state index contributed by atoms with van der Waals surface area (Å²) in [4.78, 5) is 28.4. The van der Waals surface area contributed by atoms with Crippen LogP contribution >= 0.6 is 23.4 Å². The molecule has 144 valence electrons. The van der Waals surface area contributed by atoms with Crippen LogP contribution in [0.3, 0.4) is 0 Å². The van der Waals surface area contributed by atoms with Gasteiger partial charge in [-0.2, -0.15) is 0 Å². The molecule has 0 atom stereocenters. The van der Waals surface area contributed by atoms with Gasteiger partial charge in [-0.05, 0) is 66.7 Å². The van der Waals surface area contributed by atoms with Gasteiger partial charge in [0, 0.05) is 11.9 Å². The number of ether oxygens (including phenoxy) is 2. The molecule has 1 amide bonds. The van der Waals surface area contributed by atoms with E-state index < -0.39 is 5.97 Å². The summed E-state index contributed by atoms with van der Waals surface area (Å²) in [6.45, 7) is 3.58. The van der Waals surface area contributed by atoms with Gasteiger partial charge in [0.25, 0.3) is 5.91 Å². The maximum Gasteiger partial charge on any atom is 0.308 e. The van der Waals surface area contributed by atoms with Crippen molar-refractivity contribution >= 4 is 52.2 Å². The van der Waals surface area contributed by atoms with Crippen LogP contribution in [0.5, 0.6) is 11.5 Å². The number of hydrogen-bond donors (Lipinski definition) is 1. The van der Waals surface area contributed by atoms with Crippen molar-refractivity contribution in [2.75, 3.05) is 6.61 Å². The minimum absolute atomic E-state index is 0.236. The Hall–Kier alpha value is -2.77. The van der Waals surface area contributed by atoms with Crippen molar-refractivity contribution in [3.63, 3.8) is 0 Å². The fourth-order valence-corrected chi connectivity index (χ4v) is 3.35. The van der Waals surface area contributed by atoms with Gasteiger partial charge in [0.2, 0.25) is 0 Å². The number of carbonyl (C=O) groups excluding carboxylic acids is 2. The Bertz CT molecular complexity index is 971. The fourth-order valence-electron chi connectivity index (χ4n) is 2.39. The first-order valence-electron chi connectivity index (χ1n) is 8.45. The van der Waals surface area contributed by atoms with Gasteiger partial charge in [0.1, 0.15) is 0 Å². The highest BCUT2D eigenvalue weighted by Gasteiger charge is 2.24. The second-order valence-corrected chi connectivity index (χ2v) is 7.16. The van der Waals surface area contributed by atoms with Crippen LogP contribution in [0, 0.1) is 0 Å². The number of rotatable bonds is 5. The monoisotopic (exact) mass is 416 g/mol. The molecule has 1 aliphatic rings. The van der Waals surface area contributed by atoms with Crippen molar-refractivity contribution in [3.05, 3.63) is 58.0 Å². The summed E-state index contributed by atoms with van der Waals surface area (Å²) in [5.41, 5.74) is 1.43. The Morgan fingerprint density at radius 2 is 1.96 bits per heavy atom. The average molecular weight is 417 g/mol. The molecule has 1 N–H and O–H groups in total. The maximum absolute atomic E-state index is 12.3. The highest BCUT2D eigenvalue weighted by molar-refractivity contribution is 8.18. The van der Waals surface area contributed by atoms with E-state index in [1.807, 2.05) is 6.92 Å². The van der Waals surface area contributed by atoms with Gasteiger partial charge in [-0.3, -0.25) is 9.59 Å². The first kappa shape index (κ1) is 20.0. The summed E-state index contributed by atoms with van der Waals surface area (Å²) < 4.78 is 10.7. The summed E-state index contributed by atoms with van der Waals surface area (Å²) in [7, 11) is 0. The molecule has 0 aromatic heterocycles. The Kier molecular flexibility index (Phi) is 6.38. The molecule has 1 fully saturated rings. The van der Waals surface area contributed by atoms with Gasteiger partial charge in [-0.1, -0.05) is 17.7 Å². The van der Waals surface area contributed by atoms with Crippen molar-refractivity contribution in [2.24, 2.45) is 4.99 Å². The van der Waals surface area contributed by atoms with Crippen LogP contribution in [0.1, 0.15) is 19.4 Å². The topological polar surface area (TPSA) is 77.0 Å². The van der Waals surface area contributed by atoms with Crippen LogP contribution in [0.2, 0.25) is 5.02 Å². The Labute approximate surface area is 171 Å². The van der Waals surface area contributed by atoms with E-state index >= 15 is 0 Å². The summed E-state index contributed by atoms with van der Waals surface area (Å²) in [6.07, 6.45) is 1.73. The lowest BCUT2D eigenvalue weighted by Crippen LogP contribution is -2.19. The molecule has 0 spiro atoms. The highest BCUT2D eigenvalue weighted by Crippen LogP contribution is 2.32. The molecule has 2 aromatic carbocycles. The first-order chi connectivity index (χ1) is 13.4. The summed E-state index contributed by atoms with van der Waals surface area (Å²) >= 11 is 7.11. The zero-order valence-electron chi connectivity index (χ0n) is 15.2. The van der Waals surface area contributed by atoms with Gasteiger partial charge in [0.05, 0.1) is 17.2 Å². The van der Waals surface area contributed by atoms with E-state index in [-0.39, 0.29) is 5.91 Å². The largest absolute Gasteiger partial charge is 0.490 e. The molecular formula is C20H17ClN2O4S. The lowest BCUT2D eigenvalue weighted by Gasteiger charge is -2.10. The van der Waals surface area contributed by atoms with Crippen LogP contribution in [0.25, 0.3) is 6.08 Å². The zero-order valence-corrected chi connectivity index (χ0v) is 16.8. The number of nitrogens with one attached hydrogen (secondary N) is 1. The van der Waals surface area contributed by atoms with Crippen LogP contribution in [-0.2, 0) is 9.59 Å². The Morgan fingerprint density at radius 3 is 2.64 bits per heavy atom. The molecule has 0 radical (unpaired) electrons. The lowest BCUT2D eigenvalue weighted by molar-refractivity contribution is -0.132. The predicted octanol–water partition coefficient (Wildman–Crippen LogP) is 4.56. The van der Waals surface area contributed by atoms with Crippen molar-refractivity contribution in [1.82, 2.24) is 5.32 Å². The number of halogens is 1. The van der Waals surface area contributed by atoms with Gasteiger partial charge in [-0.25, -0.2) is 4.99 Å². The van der Waals surface area contributed by atoms with Gasteiger partial charge in [-0.15, -0.1) is 0 Å². The number of nitrogens with zero attached hydrogens (tertiary/aromatic N) is 1. The summed E-state index contributed by atoms with van der Waals surface area (Å²) in [5, 5.41) is 3.84. The highest BCUT2D eigenvalue weighted by atomic mass is 35.5. The maximum atomic E-state index is 12.3. The molecule has 0 unspecified atom stereocenters. The van der Waals surface area contributed by atoms with E-state index in [4.69, 9.17) is 21.1 Å². The smallest absolute Gasteiger partial charge is 0.308 e. The third-order valence-electron chi connectivity index (χ3n) is 3.53. The Morgan fingerprint density at radius 1 is 1.21 bits per heavy atom. The van der Waals surface area contributed by atoms with E-state index in [9.17, 15) is 9.59 Å². The third kappa shape index (κ3) is 5.15. The minimum Gasteiger partial charge on any atom is -0.490 e. The van der Waals surface area contributed by atoms with E-state index in [2.05, 4.69) is 10.3 Å². The number of aliphatic imine (C=N–C) groups is 1. The molecular weight excluding hydrogens is 400 g/mol. The Balaban J connectivity index is 1.82. The molecule has 0 saturated carbocycles. The van der Waals surface area contributed by atoms with Crippen LogP contribution < -0.4 is 14.8 Å². The molecule has 6 nitrogen and oxygen atoms in total. The standard InChI is InChI=1S/C20H17ClN2O4S/c1-3-26-17-10-13(4-9-16(17)27-12(2)24)11-18-19(25)23-20(28-18)22-15-7-5-14(21)6-8-15/h4-11H,3H2,1-2H3,(H,22,23,25)/b18-11-. The molecule has 0 aliphatic carbocycles. The van der Waals surface area contributed by atoms with Crippen molar-refractivity contribution < 1.29 is 19.1 Å². The third-order valence-corrected chi connectivity index (χ3v) is 4.69. The summed E-state index contributed by atoms with van der Waals surface area (Å²) in [6, 6.07) is 12.1. The van der Waals surface area contributed by atoms with E-state index in [1.165, 1.54) is 18.7 Å². The average Bonchev–Trinajstić information content (AvgIpc) is 2.98. The number of esters is 1. The van der Waals surface area contributed by atoms with Gasteiger partial charge in [0.15, 0.2) is 16.7 Å². The second kappa shape index (κ2) is 8.95. The van der Waals surface area contributed by atoms with E-state index in [1.54, 1.807) is 48.5 Å². The van der Waals surface area contributed by atoms with Gasteiger partial charge >= 0.3 is 5.97 Å². The number of amidine groups is 1. The van der Waals surface area contributed by atoms with E-state index in [0.717, 1.165) is 5.56 Å². The molecule has 0 bridgehead atoms. The van der Waals surface area contributed by atoms with E-state index in [0.29, 0.717) is 38.9 Å². The first-order valence-corrected chi connectivity index (χ1v) is 9.64. The quantitative estimate of drug-likeness (QED) is 0.439. The SMILES string of the molecule is CCOc1cc(/C=C2\SC(=Nc3ccc(Cl)cc3)NC2=O)ccc1OC(C)=O. The molecule has 1 saturated heterocycles. The molecule has 1 aliphatic heterocycles. The molecule has 3 rings (SSSR count). The fraction of sp³-hybridized carbons (Fsp3) is 0.150. The van der Waals surface area contributed by atoms with Crippen LogP contribution in [0.15, 0.2) is 52.4 Å². The number of amides is 1. The zero-order chi connectivity index (χ0) is 20.1. The summed E-state index contributed by atoms with van der Waals surface area (Å²) in [5.74, 6) is 0.107.